The number of hydrogen-bond acceptors (Lipinski definition) is 2. The fourth-order valence-electron chi connectivity index (χ4n) is 1.78. The van der Waals surface area contributed by atoms with Crippen LogP contribution in [0.2, 0.25) is 0 Å². The van der Waals surface area contributed by atoms with Gasteiger partial charge in [0, 0.05) is 25.9 Å². The van der Waals surface area contributed by atoms with Gasteiger partial charge in [-0.25, -0.2) is 9.37 Å². The van der Waals surface area contributed by atoms with Crippen LogP contribution in [0.5, 0.6) is 0 Å². The van der Waals surface area contributed by atoms with Crippen LogP contribution >= 0.6 is 0 Å². The normalized spacial score (nSPS) is 10.4. The molecule has 0 saturated carbocycles. The Morgan fingerprint density at radius 1 is 1.50 bits per heavy atom. The zero-order chi connectivity index (χ0) is 13.1. The van der Waals surface area contributed by atoms with Crippen molar-refractivity contribution in [2.75, 3.05) is 0 Å². The van der Waals surface area contributed by atoms with Gasteiger partial charge in [-0.1, -0.05) is 0 Å². The molecule has 1 aromatic heterocycles. The summed E-state index contributed by atoms with van der Waals surface area (Å²) in [7, 11) is 0. The summed E-state index contributed by atoms with van der Waals surface area (Å²) in [6.45, 7) is 3.59. The SMILES string of the molecule is CC(=O)NCc1cc(F)ccc1-n1ccnc1C. The predicted molar refractivity (Wildman–Crippen MR) is 65.8 cm³/mol. The Morgan fingerprint density at radius 3 is 2.89 bits per heavy atom. The summed E-state index contributed by atoms with van der Waals surface area (Å²) in [5.41, 5.74) is 1.53. The van der Waals surface area contributed by atoms with Gasteiger partial charge in [0.05, 0.1) is 5.69 Å². The van der Waals surface area contributed by atoms with Crippen molar-refractivity contribution in [1.29, 1.82) is 0 Å². The lowest BCUT2D eigenvalue weighted by atomic mass is 10.1. The minimum atomic E-state index is -0.322. The molecule has 5 heteroatoms. The van der Waals surface area contributed by atoms with E-state index in [9.17, 15) is 9.18 Å². The van der Waals surface area contributed by atoms with Crippen LogP contribution in [0.3, 0.4) is 0 Å². The van der Waals surface area contributed by atoms with Crippen molar-refractivity contribution in [3.63, 3.8) is 0 Å². The summed E-state index contributed by atoms with van der Waals surface area (Å²) in [5.74, 6) is 0.343. The smallest absolute Gasteiger partial charge is 0.217 e. The van der Waals surface area contributed by atoms with Crippen LogP contribution in [-0.4, -0.2) is 15.5 Å². The molecule has 0 bridgehead atoms. The average molecular weight is 247 g/mol. The lowest BCUT2D eigenvalue weighted by Gasteiger charge is -2.12. The number of nitrogens with one attached hydrogen (secondary N) is 1. The van der Waals surface area contributed by atoms with E-state index in [-0.39, 0.29) is 11.7 Å². The molecule has 0 saturated heterocycles. The molecule has 0 unspecified atom stereocenters. The molecule has 0 radical (unpaired) electrons. The Bertz CT molecular complexity index is 577. The molecule has 2 aromatic rings. The molecule has 0 aliphatic heterocycles. The number of rotatable bonds is 3. The third kappa shape index (κ3) is 2.56. The first-order chi connectivity index (χ1) is 8.58. The monoisotopic (exact) mass is 247 g/mol. The zero-order valence-corrected chi connectivity index (χ0v) is 10.3. The fourth-order valence-corrected chi connectivity index (χ4v) is 1.78. The molecule has 1 heterocycles. The average Bonchev–Trinajstić information content (AvgIpc) is 2.73. The highest BCUT2D eigenvalue weighted by Gasteiger charge is 2.08. The molecule has 0 aliphatic carbocycles. The number of benzene rings is 1. The van der Waals surface area contributed by atoms with Gasteiger partial charge in [-0.15, -0.1) is 0 Å². The van der Waals surface area contributed by atoms with Crippen molar-refractivity contribution < 1.29 is 9.18 Å². The number of hydrogen-bond donors (Lipinski definition) is 1. The Balaban J connectivity index is 2.40. The third-order valence-electron chi connectivity index (χ3n) is 2.65. The van der Waals surface area contributed by atoms with Crippen LogP contribution in [0.15, 0.2) is 30.6 Å². The van der Waals surface area contributed by atoms with Gasteiger partial charge >= 0.3 is 0 Å². The van der Waals surface area contributed by atoms with E-state index >= 15 is 0 Å². The van der Waals surface area contributed by atoms with Gasteiger partial charge in [0.15, 0.2) is 0 Å². The molecular formula is C13H14FN3O. The van der Waals surface area contributed by atoms with Crippen molar-refractivity contribution in [3.05, 3.63) is 47.8 Å². The second-order valence-corrected chi connectivity index (χ2v) is 4.03. The van der Waals surface area contributed by atoms with E-state index < -0.39 is 0 Å². The van der Waals surface area contributed by atoms with E-state index in [1.54, 1.807) is 18.5 Å². The molecule has 18 heavy (non-hydrogen) atoms. The van der Waals surface area contributed by atoms with Crippen molar-refractivity contribution in [1.82, 2.24) is 14.9 Å². The second-order valence-electron chi connectivity index (χ2n) is 4.03. The molecule has 1 aromatic carbocycles. The van der Waals surface area contributed by atoms with Gasteiger partial charge in [-0.05, 0) is 30.7 Å². The fraction of sp³-hybridized carbons (Fsp3) is 0.231. The summed E-state index contributed by atoms with van der Waals surface area (Å²) >= 11 is 0. The summed E-state index contributed by atoms with van der Waals surface area (Å²) in [4.78, 5) is 15.1. The maximum atomic E-state index is 13.3. The van der Waals surface area contributed by atoms with Gasteiger partial charge in [-0.3, -0.25) is 4.79 Å². The van der Waals surface area contributed by atoms with Gasteiger partial charge in [0.1, 0.15) is 11.6 Å². The quantitative estimate of drug-likeness (QED) is 0.901. The van der Waals surface area contributed by atoms with Gasteiger partial charge in [0.25, 0.3) is 0 Å². The first-order valence-corrected chi connectivity index (χ1v) is 5.61. The minimum absolute atomic E-state index is 0.146. The predicted octanol–water partition coefficient (Wildman–Crippen LogP) is 1.96. The molecule has 0 spiro atoms. The van der Waals surface area contributed by atoms with Crippen LogP contribution in [-0.2, 0) is 11.3 Å². The molecule has 0 aliphatic rings. The third-order valence-corrected chi connectivity index (χ3v) is 2.65. The number of amides is 1. The van der Waals surface area contributed by atoms with E-state index in [2.05, 4.69) is 10.3 Å². The van der Waals surface area contributed by atoms with Crippen LogP contribution < -0.4 is 5.32 Å². The van der Waals surface area contributed by atoms with Crippen LogP contribution in [0.25, 0.3) is 5.69 Å². The first-order valence-electron chi connectivity index (χ1n) is 5.61. The number of halogens is 1. The highest BCUT2D eigenvalue weighted by molar-refractivity contribution is 5.73. The van der Waals surface area contributed by atoms with E-state index in [0.29, 0.717) is 12.1 Å². The van der Waals surface area contributed by atoms with Crippen molar-refractivity contribution >= 4 is 5.91 Å². The number of nitrogens with zero attached hydrogens (tertiary/aromatic N) is 2. The Hall–Kier alpha value is -2.17. The topological polar surface area (TPSA) is 46.9 Å². The number of imidazole rings is 1. The van der Waals surface area contributed by atoms with Crippen molar-refractivity contribution in [2.24, 2.45) is 0 Å². The van der Waals surface area contributed by atoms with Crippen LogP contribution in [0.1, 0.15) is 18.3 Å². The van der Waals surface area contributed by atoms with E-state index in [1.807, 2.05) is 11.5 Å². The molecule has 94 valence electrons. The standard InChI is InChI=1S/C13H14FN3O/c1-9-15-5-6-17(9)13-4-3-12(14)7-11(13)8-16-10(2)18/h3-7H,8H2,1-2H3,(H,16,18). The Morgan fingerprint density at radius 2 is 2.28 bits per heavy atom. The number of carbonyl (C=O) groups excluding carboxylic acids is 1. The van der Waals surface area contributed by atoms with Crippen molar-refractivity contribution in [2.45, 2.75) is 20.4 Å². The lowest BCUT2D eigenvalue weighted by Crippen LogP contribution is -2.20. The highest BCUT2D eigenvalue weighted by Crippen LogP contribution is 2.17. The van der Waals surface area contributed by atoms with Gasteiger partial charge < -0.3 is 9.88 Å². The molecule has 0 fully saturated rings. The number of carbonyl (C=O) groups is 1. The zero-order valence-electron chi connectivity index (χ0n) is 10.3. The molecule has 1 amide bonds. The summed E-state index contributed by atoms with van der Waals surface area (Å²) in [6.07, 6.45) is 3.49. The molecule has 2 rings (SSSR count). The number of aryl methyl sites for hydroxylation is 1. The Labute approximate surface area is 104 Å². The van der Waals surface area contributed by atoms with Crippen molar-refractivity contribution in [3.8, 4) is 5.69 Å². The number of aromatic nitrogens is 2. The molecule has 1 N–H and O–H groups in total. The van der Waals surface area contributed by atoms with Gasteiger partial charge in [-0.2, -0.15) is 0 Å². The second kappa shape index (κ2) is 5.00. The summed E-state index contributed by atoms with van der Waals surface area (Å²) < 4.78 is 15.1. The molecular weight excluding hydrogens is 233 g/mol. The summed E-state index contributed by atoms with van der Waals surface area (Å²) in [6, 6.07) is 4.50. The van der Waals surface area contributed by atoms with E-state index in [1.165, 1.54) is 19.1 Å². The molecule has 4 nitrogen and oxygen atoms in total. The lowest BCUT2D eigenvalue weighted by molar-refractivity contribution is -0.119. The maximum Gasteiger partial charge on any atom is 0.217 e. The van der Waals surface area contributed by atoms with E-state index in [0.717, 1.165) is 11.5 Å². The largest absolute Gasteiger partial charge is 0.352 e. The van der Waals surface area contributed by atoms with Gasteiger partial charge in [0.2, 0.25) is 5.91 Å². The van der Waals surface area contributed by atoms with Crippen LogP contribution in [0.4, 0.5) is 4.39 Å². The summed E-state index contributed by atoms with van der Waals surface area (Å²) in [5, 5.41) is 2.67. The molecule has 0 atom stereocenters. The minimum Gasteiger partial charge on any atom is -0.352 e. The highest BCUT2D eigenvalue weighted by atomic mass is 19.1. The van der Waals surface area contributed by atoms with Crippen LogP contribution in [0, 0.1) is 12.7 Å². The first kappa shape index (κ1) is 12.3. The van der Waals surface area contributed by atoms with E-state index in [4.69, 9.17) is 0 Å². The Kier molecular flexibility index (Phi) is 3.41. The maximum absolute atomic E-state index is 13.3.